The van der Waals surface area contributed by atoms with Crippen LogP contribution in [0.4, 0.5) is 0 Å². The van der Waals surface area contributed by atoms with Crippen molar-refractivity contribution in [3.63, 3.8) is 0 Å². The number of hydrogen-bond acceptors (Lipinski definition) is 5. The van der Waals surface area contributed by atoms with Crippen LogP contribution in [0.2, 0.25) is 0 Å². The van der Waals surface area contributed by atoms with Crippen molar-refractivity contribution in [1.29, 1.82) is 0 Å². The monoisotopic (exact) mass is 367 g/mol. The lowest BCUT2D eigenvalue weighted by Crippen LogP contribution is -2.52. The molecule has 142 valence electrons. The fourth-order valence-corrected chi connectivity index (χ4v) is 5.74. The molecule has 2 N–H and O–H groups in total. The second-order valence-corrected chi connectivity index (χ2v) is 8.11. The van der Waals surface area contributed by atoms with E-state index in [0.717, 1.165) is 32.4 Å². The van der Waals surface area contributed by atoms with Crippen LogP contribution in [0.1, 0.15) is 36.6 Å². The van der Waals surface area contributed by atoms with Gasteiger partial charge in [-0.1, -0.05) is 23.4 Å². The minimum atomic E-state index is -0.421. The average molecular weight is 367 g/mol. The molecule has 0 bridgehead atoms. The van der Waals surface area contributed by atoms with Gasteiger partial charge in [-0.3, -0.25) is 9.69 Å². The highest BCUT2D eigenvalue weighted by molar-refractivity contribution is 6.02. The van der Waals surface area contributed by atoms with Crippen molar-refractivity contribution in [1.82, 2.24) is 9.88 Å². The summed E-state index contributed by atoms with van der Waals surface area (Å²) in [5.41, 5.74) is 4.51. The highest BCUT2D eigenvalue weighted by Crippen LogP contribution is 2.48. The first kappa shape index (κ1) is 16.8. The summed E-state index contributed by atoms with van der Waals surface area (Å²) >= 11 is 0. The molecule has 3 heterocycles. The van der Waals surface area contributed by atoms with Gasteiger partial charge in [-0.2, -0.15) is 0 Å². The molecule has 0 unspecified atom stereocenters. The Hall–Kier alpha value is -2.34. The normalized spacial score (nSPS) is 32.0. The number of carbonyl (C=O) groups is 1. The molecule has 5 rings (SSSR count). The molecule has 2 fully saturated rings. The number of H-pyrrole nitrogens is 1. The molecule has 0 spiro atoms. The number of nitrogens with one attached hydrogen (secondary N) is 1. The smallest absolute Gasteiger partial charge is 0.314 e. The van der Waals surface area contributed by atoms with Gasteiger partial charge in [0.05, 0.1) is 18.9 Å². The molecule has 0 amide bonds. The number of ether oxygens (including phenoxy) is 1. The first-order chi connectivity index (χ1) is 13.2. The van der Waals surface area contributed by atoms with Crippen LogP contribution in [-0.4, -0.2) is 47.0 Å². The predicted molar refractivity (Wildman–Crippen MR) is 102 cm³/mol. The lowest BCUT2D eigenvalue weighted by Gasteiger charge is -2.49. The second kappa shape index (κ2) is 6.37. The summed E-state index contributed by atoms with van der Waals surface area (Å²) in [5, 5.41) is 14.2. The summed E-state index contributed by atoms with van der Waals surface area (Å²) in [6.07, 6.45) is 3.61. The number of oxime groups is 1. The molecule has 3 aliphatic rings. The van der Waals surface area contributed by atoms with E-state index in [9.17, 15) is 10.0 Å². The molecule has 0 radical (unpaired) electrons. The number of nitrogens with zero attached hydrogens (tertiary/aromatic N) is 2. The molecule has 4 atom stereocenters. The molecule has 1 aromatic carbocycles. The molecular weight excluding hydrogens is 342 g/mol. The standard InChI is InChI=1S/C21H25N3O3/c1-27-21(25)19-15-10-18-20-14(13-4-2-3-5-16(13)22-20)8-9-24(18)11-12(15)6-7-17(19)23-26/h2-5,12,15,18-19,22,26H,6-11H2,1H3/b23-17+/t12-,15-,18-,19+/m0/s1. The lowest BCUT2D eigenvalue weighted by atomic mass is 9.65. The molecule has 6 nitrogen and oxygen atoms in total. The summed E-state index contributed by atoms with van der Waals surface area (Å²) < 4.78 is 5.07. The number of esters is 1. The fraction of sp³-hybridized carbons (Fsp3) is 0.524. The molecule has 6 heteroatoms. The van der Waals surface area contributed by atoms with E-state index in [1.807, 2.05) is 0 Å². The number of methoxy groups -OCH3 is 1. The van der Waals surface area contributed by atoms with E-state index in [4.69, 9.17) is 4.74 Å². The minimum Gasteiger partial charge on any atom is -0.469 e. The zero-order chi connectivity index (χ0) is 18.5. The lowest BCUT2D eigenvalue weighted by molar-refractivity contribution is -0.147. The van der Waals surface area contributed by atoms with E-state index in [1.165, 1.54) is 29.3 Å². The van der Waals surface area contributed by atoms with E-state index < -0.39 is 5.92 Å². The zero-order valence-corrected chi connectivity index (χ0v) is 15.5. The second-order valence-electron chi connectivity index (χ2n) is 8.11. The maximum Gasteiger partial charge on any atom is 0.314 e. The molecule has 2 aromatic rings. The topological polar surface area (TPSA) is 77.9 Å². The number of rotatable bonds is 1. The van der Waals surface area contributed by atoms with E-state index in [1.54, 1.807) is 0 Å². The third-order valence-electron chi connectivity index (χ3n) is 6.98. The number of hydrogen-bond donors (Lipinski definition) is 2. The highest BCUT2D eigenvalue weighted by atomic mass is 16.5. The molecule has 27 heavy (non-hydrogen) atoms. The van der Waals surface area contributed by atoms with Gasteiger partial charge >= 0.3 is 5.97 Å². The van der Waals surface area contributed by atoms with Gasteiger partial charge in [-0.15, -0.1) is 0 Å². The Balaban J connectivity index is 1.54. The van der Waals surface area contributed by atoms with Crippen molar-refractivity contribution in [2.45, 2.75) is 31.7 Å². The van der Waals surface area contributed by atoms with Gasteiger partial charge in [-0.05, 0) is 49.1 Å². The maximum absolute atomic E-state index is 12.5. The van der Waals surface area contributed by atoms with Crippen molar-refractivity contribution in [2.24, 2.45) is 22.9 Å². The van der Waals surface area contributed by atoms with Crippen LogP contribution in [0.15, 0.2) is 29.4 Å². The first-order valence-corrected chi connectivity index (χ1v) is 9.83. The average Bonchev–Trinajstić information content (AvgIpc) is 3.10. The van der Waals surface area contributed by atoms with Crippen LogP contribution in [-0.2, 0) is 16.0 Å². The number of para-hydroxylation sites is 1. The summed E-state index contributed by atoms with van der Waals surface area (Å²) in [6, 6.07) is 8.78. The number of piperidine rings is 1. The fourth-order valence-electron chi connectivity index (χ4n) is 5.74. The van der Waals surface area contributed by atoms with E-state index in [2.05, 4.69) is 39.3 Å². The summed E-state index contributed by atoms with van der Waals surface area (Å²) in [4.78, 5) is 18.7. The maximum atomic E-state index is 12.5. The number of carbonyl (C=O) groups excluding carboxylic acids is 1. The quantitative estimate of drug-likeness (QED) is 0.461. The highest BCUT2D eigenvalue weighted by Gasteiger charge is 2.49. The van der Waals surface area contributed by atoms with Crippen molar-refractivity contribution < 1.29 is 14.7 Å². The van der Waals surface area contributed by atoms with Gasteiger partial charge in [0.15, 0.2) is 0 Å². The van der Waals surface area contributed by atoms with Gasteiger partial charge in [0.25, 0.3) is 0 Å². The molecule has 2 aliphatic heterocycles. The Labute approximate surface area is 158 Å². The number of aromatic amines is 1. The Bertz CT molecular complexity index is 919. The Morgan fingerprint density at radius 1 is 1.33 bits per heavy atom. The van der Waals surface area contributed by atoms with E-state index >= 15 is 0 Å². The SMILES string of the molecule is COC(=O)[C@H]1/C(=N/O)CC[C@H]2CN3CCc4c([nH]c5ccccc45)[C@@H]3C[C@@H]21. The van der Waals surface area contributed by atoms with Crippen molar-refractivity contribution in [2.75, 3.05) is 20.2 Å². The first-order valence-electron chi connectivity index (χ1n) is 9.83. The zero-order valence-electron chi connectivity index (χ0n) is 15.5. The van der Waals surface area contributed by atoms with Crippen LogP contribution in [0.3, 0.4) is 0 Å². The van der Waals surface area contributed by atoms with E-state index in [-0.39, 0.29) is 17.9 Å². The van der Waals surface area contributed by atoms with Crippen LogP contribution in [0, 0.1) is 17.8 Å². The van der Waals surface area contributed by atoms with Crippen molar-refractivity contribution in [3.8, 4) is 0 Å². The number of aromatic nitrogens is 1. The van der Waals surface area contributed by atoms with E-state index in [0.29, 0.717) is 18.1 Å². The van der Waals surface area contributed by atoms with Gasteiger partial charge in [-0.25, -0.2) is 0 Å². The molecular formula is C21H25N3O3. The summed E-state index contributed by atoms with van der Waals surface area (Å²) in [7, 11) is 1.42. The molecule has 1 saturated heterocycles. The van der Waals surface area contributed by atoms with Crippen LogP contribution in [0.5, 0.6) is 0 Å². The predicted octanol–water partition coefficient (Wildman–Crippen LogP) is 3.12. The van der Waals surface area contributed by atoms with Gasteiger partial charge < -0.3 is 14.9 Å². The Morgan fingerprint density at radius 2 is 2.19 bits per heavy atom. The van der Waals surface area contributed by atoms with Gasteiger partial charge in [0, 0.05) is 29.7 Å². The van der Waals surface area contributed by atoms with Crippen LogP contribution in [0.25, 0.3) is 10.9 Å². The summed E-state index contributed by atoms with van der Waals surface area (Å²) in [6.45, 7) is 2.06. The minimum absolute atomic E-state index is 0.163. The molecule has 1 aliphatic carbocycles. The number of fused-ring (bicyclic) bond motifs is 6. The number of benzene rings is 1. The van der Waals surface area contributed by atoms with Crippen molar-refractivity contribution in [3.05, 3.63) is 35.5 Å². The van der Waals surface area contributed by atoms with Crippen LogP contribution >= 0.6 is 0 Å². The third kappa shape index (κ3) is 2.50. The van der Waals surface area contributed by atoms with Crippen molar-refractivity contribution >= 4 is 22.6 Å². The van der Waals surface area contributed by atoms with Gasteiger partial charge in [0.1, 0.15) is 5.92 Å². The van der Waals surface area contributed by atoms with Crippen LogP contribution < -0.4 is 0 Å². The Morgan fingerprint density at radius 3 is 3.00 bits per heavy atom. The third-order valence-corrected chi connectivity index (χ3v) is 6.98. The summed E-state index contributed by atoms with van der Waals surface area (Å²) in [5.74, 6) is -0.0771. The largest absolute Gasteiger partial charge is 0.469 e. The molecule has 1 saturated carbocycles. The molecule has 1 aromatic heterocycles. The Kier molecular flexibility index (Phi) is 3.97. The van der Waals surface area contributed by atoms with Gasteiger partial charge in [0.2, 0.25) is 0 Å².